The summed E-state index contributed by atoms with van der Waals surface area (Å²) in [6.45, 7) is 4.80. The number of carbonyl (C=O) groups excluding carboxylic acids is 1. The molecular formula is C16H19N3O2. The average molecular weight is 285 g/mol. The smallest absolute Gasteiger partial charge is 0.319 e. The van der Waals surface area contributed by atoms with Gasteiger partial charge in [-0.2, -0.15) is 0 Å². The van der Waals surface area contributed by atoms with E-state index in [1.165, 1.54) is 0 Å². The Balaban J connectivity index is 1.90. The van der Waals surface area contributed by atoms with Crippen molar-refractivity contribution in [1.82, 2.24) is 10.3 Å². The van der Waals surface area contributed by atoms with Crippen molar-refractivity contribution in [3.63, 3.8) is 0 Å². The molecule has 0 aliphatic carbocycles. The van der Waals surface area contributed by atoms with Gasteiger partial charge in [0.15, 0.2) is 0 Å². The van der Waals surface area contributed by atoms with Gasteiger partial charge in [-0.3, -0.25) is 0 Å². The van der Waals surface area contributed by atoms with Gasteiger partial charge < -0.3 is 15.4 Å². The highest BCUT2D eigenvalue weighted by Crippen LogP contribution is 2.14. The lowest BCUT2D eigenvalue weighted by Crippen LogP contribution is -2.28. The van der Waals surface area contributed by atoms with Crippen molar-refractivity contribution < 1.29 is 9.53 Å². The van der Waals surface area contributed by atoms with Gasteiger partial charge in [-0.05, 0) is 32.0 Å². The highest BCUT2D eigenvalue weighted by molar-refractivity contribution is 5.89. The number of hydrogen-bond acceptors (Lipinski definition) is 3. The lowest BCUT2D eigenvalue weighted by Gasteiger charge is -2.10. The van der Waals surface area contributed by atoms with Crippen LogP contribution < -0.4 is 15.4 Å². The molecular weight excluding hydrogens is 266 g/mol. The number of carbonyl (C=O) groups is 1. The summed E-state index contributed by atoms with van der Waals surface area (Å²) in [5, 5.41) is 5.57. The fraction of sp³-hybridized carbons (Fsp3) is 0.250. The minimum Gasteiger partial charge on any atom is -0.478 e. The molecule has 0 aliphatic heterocycles. The van der Waals surface area contributed by atoms with Crippen LogP contribution in [0.5, 0.6) is 5.88 Å². The Morgan fingerprint density at radius 3 is 2.71 bits per heavy atom. The molecule has 5 nitrogen and oxygen atoms in total. The molecule has 0 radical (unpaired) electrons. The predicted molar refractivity (Wildman–Crippen MR) is 82.4 cm³/mol. The van der Waals surface area contributed by atoms with Gasteiger partial charge in [-0.15, -0.1) is 0 Å². The predicted octanol–water partition coefficient (Wildman–Crippen LogP) is 3.11. The van der Waals surface area contributed by atoms with Gasteiger partial charge >= 0.3 is 6.03 Å². The number of nitrogens with zero attached hydrogens (tertiary/aromatic N) is 1. The molecule has 0 aliphatic rings. The lowest BCUT2D eigenvalue weighted by atomic mass is 10.2. The van der Waals surface area contributed by atoms with Gasteiger partial charge in [0, 0.05) is 24.0 Å². The van der Waals surface area contributed by atoms with E-state index in [0.29, 0.717) is 19.0 Å². The zero-order valence-corrected chi connectivity index (χ0v) is 12.2. The third kappa shape index (κ3) is 4.49. The number of hydrogen-bond donors (Lipinski definition) is 2. The normalized spacial score (nSPS) is 10.0. The monoisotopic (exact) mass is 285 g/mol. The molecule has 5 heteroatoms. The first-order valence-corrected chi connectivity index (χ1v) is 6.87. The van der Waals surface area contributed by atoms with E-state index in [1.54, 1.807) is 6.20 Å². The number of ether oxygens (including phenoxy) is 1. The fourth-order valence-electron chi connectivity index (χ4n) is 1.81. The number of pyridine rings is 1. The van der Waals surface area contributed by atoms with Crippen LogP contribution in [-0.4, -0.2) is 17.6 Å². The van der Waals surface area contributed by atoms with E-state index < -0.39 is 0 Å². The van der Waals surface area contributed by atoms with Gasteiger partial charge in [-0.25, -0.2) is 9.78 Å². The van der Waals surface area contributed by atoms with E-state index in [0.717, 1.165) is 16.8 Å². The van der Waals surface area contributed by atoms with Crippen molar-refractivity contribution in [2.45, 2.75) is 20.4 Å². The van der Waals surface area contributed by atoms with Crippen LogP contribution in [0.2, 0.25) is 0 Å². The first-order valence-electron chi connectivity index (χ1n) is 6.87. The van der Waals surface area contributed by atoms with Crippen LogP contribution in [0, 0.1) is 6.92 Å². The Morgan fingerprint density at radius 2 is 2.00 bits per heavy atom. The lowest BCUT2D eigenvalue weighted by molar-refractivity contribution is 0.251. The number of aryl methyl sites for hydroxylation is 1. The number of rotatable bonds is 5. The molecule has 2 aromatic rings. The molecule has 110 valence electrons. The summed E-state index contributed by atoms with van der Waals surface area (Å²) < 4.78 is 5.42. The summed E-state index contributed by atoms with van der Waals surface area (Å²) in [6.07, 6.45) is 1.67. The van der Waals surface area contributed by atoms with E-state index in [1.807, 2.05) is 50.2 Å². The number of benzene rings is 1. The molecule has 2 N–H and O–H groups in total. The Hall–Kier alpha value is -2.56. The Bertz CT molecular complexity index is 597. The standard InChI is InChI=1S/C16H19N3O2/c1-3-21-15-13(5-4-10-17-15)11-18-16(20)19-14-8-6-12(2)7-9-14/h4-10H,3,11H2,1-2H3,(H2,18,19,20). The van der Waals surface area contributed by atoms with Crippen LogP contribution in [0.15, 0.2) is 42.6 Å². The molecule has 2 amide bonds. The molecule has 0 spiro atoms. The Morgan fingerprint density at radius 1 is 1.24 bits per heavy atom. The van der Waals surface area contributed by atoms with Gasteiger partial charge in [0.25, 0.3) is 0 Å². The number of nitrogens with one attached hydrogen (secondary N) is 2. The molecule has 2 rings (SSSR count). The van der Waals surface area contributed by atoms with Crippen molar-refractivity contribution >= 4 is 11.7 Å². The Kier molecular flexibility index (Phi) is 5.15. The number of amides is 2. The highest BCUT2D eigenvalue weighted by Gasteiger charge is 2.06. The van der Waals surface area contributed by atoms with Crippen molar-refractivity contribution in [2.24, 2.45) is 0 Å². The molecule has 1 heterocycles. The average Bonchev–Trinajstić information content (AvgIpc) is 2.49. The Labute approximate surface area is 124 Å². The van der Waals surface area contributed by atoms with Gasteiger partial charge in [0.1, 0.15) is 0 Å². The second-order valence-electron chi connectivity index (χ2n) is 4.57. The van der Waals surface area contributed by atoms with E-state index in [-0.39, 0.29) is 6.03 Å². The molecule has 0 fully saturated rings. The molecule has 21 heavy (non-hydrogen) atoms. The topological polar surface area (TPSA) is 63.2 Å². The first-order chi connectivity index (χ1) is 10.2. The van der Waals surface area contributed by atoms with Gasteiger partial charge in [-0.1, -0.05) is 23.8 Å². The third-order valence-corrected chi connectivity index (χ3v) is 2.88. The van der Waals surface area contributed by atoms with E-state index in [9.17, 15) is 4.79 Å². The maximum atomic E-state index is 11.9. The quantitative estimate of drug-likeness (QED) is 0.887. The summed E-state index contributed by atoms with van der Waals surface area (Å²) >= 11 is 0. The van der Waals surface area contributed by atoms with Crippen LogP contribution in [0.25, 0.3) is 0 Å². The van der Waals surface area contributed by atoms with Crippen LogP contribution >= 0.6 is 0 Å². The largest absolute Gasteiger partial charge is 0.478 e. The number of anilines is 1. The van der Waals surface area contributed by atoms with Crippen molar-refractivity contribution in [2.75, 3.05) is 11.9 Å². The summed E-state index contributed by atoms with van der Waals surface area (Å²) in [4.78, 5) is 16.0. The minimum absolute atomic E-state index is 0.259. The molecule has 1 aromatic heterocycles. The van der Waals surface area contributed by atoms with Crippen LogP contribution in [0.1, 0.15) is 18.1 Å². The zero-order valence-electron chi connectivity index (χ0n) is 12.2. The minimum atomic E-state index is -0.259. The molecule has 0 unspecified atom stereocenters. The summed E-state index contributed by atoms with van der Waals surface area (Å²) in [5.41, 5.74) is 2.75. The fourth-order valence-corrected chi connectivity index (χ4v) is 1.81. The number of urea groups is 1. The maximum Gasteiger partial charge on any atom is 0.319 e. The SMILES string of the molecule is CCOc1ncccc1CNC(=O)Nc1ccc(C)cc1. The summed E-state index contributed by atoms with van der Waals surface area (Å²) in [6, 6.07) is 11.1. The summed E-state index contributed by atoms with van der Waals surface area (Å²) in [5.74, 6) is 0.552. The van der Waals surface area contributed by atoms with Crippen molar-refractivity contribution in [3.8, 4) is 5.88 Å². The third-order valence-electron chi connectivity index (χ3n) is 2.88. The van der Waals surface area contributed by atoms with E-state index in [2.05, 4.69) is 15.6 Å². The summed E-state index contributed by atoms with van der Waals surface area (Å²) in [7, 11) is 0. The second-order valence-corrected chi connectivity index (χ2v) is 4.57. The molecule has 0 bridgehead atoms. The van der Waals surface area contributed by atoms with Gasteiger partial charge in [0.2, 0.25) is 5.88 Å². The second kappa shape index (κ2) is 7.28. The zero-order chi connectivity index (χ0) is 15.1. The molecule has 0 atom stereocenters. The van der Waals surface area contributed by atoms with E-state index in [4.69, 9.17) is 4.74 Å². The highest BCUT2D eigenvalue weighted by atomic mass is 16.5. The van der Waals surface area contributed by atoms with Gasteiger partial charge in [0.05, 0.1) is 6.61 Å². The van der Waals surface area contributed by atoms with Crippen LogP contribution in [-0.2, 0) is 6.54 Å². The van der Waals surface area contributed by atoms with E-state index >= 15 is 0 Å². The van der Waals surface area contributed by atoms with Crippen molar-refractivity contribution in [1.29, 1.82) is 0 Å². The number of aromatic nitrogens is 1. The molecule has 0 saturated heterocycles. The molecule has 1 aromatic carbocycles. The van der Waals surface area contributed by atoms with Crippen LogP contribution in [0.3, 0.4) is 0 Å². The maximum absolute atomic E-state index is 11.9. The van der Waals surface area contributed by atoms with Crippen LogP contribution in [0.4, 0.5) is 10.5 Å². The van der Waals surface area contributed by atoms with Crippen molar-refractivity contribution in [3.05, 3.63) is 53.7 Å². The molecule has 0 saturated carbocycles. The first kappa shape index (κ1) is 14.8.